The summed E-state index contributed by atoms with van der Waals surface area (Å²) in [6.45, 7) is 0.703. The highest BCUT2D eigenvalue weighted by molar-refractivity contribution is 5.94. The van der Waals surface area contributed by atoms with Gasteiger partial charge in [0.2, 0.25) is 0 Å². The van der Waals surface area contributed by atoms with Gasteiger partial charge in [0.05, 0.1) is 5.69 Å². The van der Waals surface area contributed by atoms with Gasteiger partial charge in [-0.3, -0.25) is 0 Å². The largest absolute Gasteiger partial charge is 0.478 e. The molecule has 0 atom stereocenters. The van der Waals surface area contributed by atoms with E-state index in [-0.39, 0.29) is 5.56 Å². The SMILES string of the molecule is O=C(O)c1c(F)cccc1NCCC1CCCCC1. The fourth-order valence-electron chi connectivity index (χ4n) is 2.78. The lowest BCUT2D eigenvalue weighted by Gasteiger charge is -2.21. The van der Waals surface area contributed by atoms with Crippen LogP contribution in [0.25, 0.3) is 0 Å². The maximum absolute atomic E-state index is 13.5. The predicted molar refractivity (Wildman–Crippen MR) is 73.0 cm³/mol. The van der Waals surface area contributed by atoms with Crippen LogP contribution in [0.3, 0.4) is 0 Å². The van der Waals surface area contributed by atoms with Gasteiger partial charge in [-0.2, -0.15) is 0 Å². The number of carboxylic acids is 1. The van der Waals surface area contributed by atoms with Crippen LogP contribution in [0.4, 0.5) is 10.1 Å². The third-order valence-corrected chi connectivity index (χ3v) is 3.82. The van der Waals surface area contributed by atoms with Crippen LogP contribution in [0.2, 0.25) is 0 Å². The van der Waals surface area contributed by atoms with Crippen molar-refractivity contribution in [2.45, 2.75) is 38.5 Å². The molecule has 0 unspecified atom stereocenters. The molecule has 0 heterocycles. The second-order valence-corrected chi connectivity index (χ2v) is 5.19. The van der Waals surface area contributed by atoms with Crippen LogP contribution in [0.1, 0.15) is 48.9 Å². The van der Waals surface area contributed by atoms with Gasteiger partial charge >= 0.3 is 5.97 Å². The number of aromatic carboxylic acids is 1. The minimum Gasteiger partial charge on any atom is -0.478 e. The Balaban J connectivity index is 1.92. The number of carboxylic acid groups (broad SMARTS) is 1. The van der Waals surface area contributed by atoms with Crippen molar-refractivity contribution in [2.75, 3.05) is 11.9 Å². The van der Waals surface area contributed by atoms with E-state index < -0.39 is 11.8 Å². The average molecular weight is 265 g/mol. The molecule has 2 rings (SSSR count). The molecule has 1 fully saturated rings. The molecule has 1 aromatic carbocycles. The van der Waals surface area contributed by atoms with E-state index in [9.17, 15) is 9.18 Å². The molecule has 0 bridgehead atoms. The Kier molecular flexibility index (Phi) is 4.77. The molecule has 1 aliphatic carbocycles. The standard InChI is InChI=1S/C15H20FNO2/c16-12-7-4-8-13(14(12)15(18)19)17-10-9-11-5-2-1-3-6-11/h4,7-8,11,17H,1-3,5-6,9-10H2,(H,18,19). The molecule has 0 spiro atoms. The summed E-state index contributed by atoms with van der Waals surface area (Å²) >= 11 is 0. The molecule has 2 N–H and O–H groups in total. The summed E-state index contributed by atoms with van der Waals surface area (Å²) in [5.41, 5.74) is 0.120. The van der Waals surface area contributed by atoms with Gasteiger partial charge in [0, 0.05) is 6.54 Å². The fraction of sp³-hybridized carbons (Fsp3) is 0.533. The lowest BCUT2D eigenvalue weighted by molar-refractivity contribution is 0.0693. The number of rotatable bonds is 5. The summed E-state index contributed by atoms with van der Waals surface area (Å²) in [6, 6.07) is 4.33. The van der Waals surface area contributed by atoms with Gasteiger partial charge in [-0.25, -0.2) is 9.18 Å². The van der Waals surface area contributed by atoms with Crippen molar-refractivity contribution in [1.29, 1.82) is 0 Å². The van der Waals surface area contributed by atoms with Crippen molar-refractivity contribution in [3.8, 4) is 0 Å². The van der Waals surface area contributed by atoms with Crippen LogP contribution in [0.5, 0.6) is 0 Å². The van der Waals surface area contributed by atoms with E-state index in [0.717, 1.165) is 12.3 Å². The van der Waals surface area contributed by atoms with E-state index >= 15 is 0 Å². The van der Waals surface area contributed by atoms with Crippen molar-refractivity contribution in [2.24, 2.45) is 5.92 Å². The molecular formula is C15H20FNO2. The van der Waals surface area contributed by atoms with E-state index in [1.165, 1.54) is 44.2 Å². The summed E-state index contributed by atoms with van der Waals surface area (Å²) in [4.78, 5) is 11.0. The Hall–Kier alpha value is -1.58. The molecule has 19 heavy (non-hydrogen) atoms. The van der Waals surface area contributed by atoms with Crippen molar-refractivity contribution >= 4 is 11.7 Å². The maximum Gasteiger partial charge on any atom is 0.340 e. The van der Waals surface area contributed by atoms with Crippen LogP contribution < -0.4 is 5.32 Å². The molecule has 4 heteroatoms. The minimum absolute atomic E-state index is 0.258. The topological polar surface area (TPSA) is 49.3 Å². The Morgan fingerprint density at radius 3 is 2.74 bits per heavy atom. The van der Waals surface area contributed by atoms with Crippen LogP contribution in [0.15, 0.2) is 18.2 Å². The Morgan fingerprint density at radius 2 is 2.05 bits per heavy atom. The second-order valence-electron chi connectivity index (χ2n) is 5.19. The molecule has 1 aromatic rings. The number of hydrogen-bond donors (Lipinski definition) is 2. The summed E-state index contributed by atoms with van der Waals surface area (Å²) in [5.74, 6) is -1.18. The zero-order valence-corrected chi connectivity index (χ0v) is 11.0. The monoisotopic (exact) mass is 265 g/mol. The van der Waals surface area contributed by atoms with E-state index in [2.05, 4.69) is 5.32 Å². The van der Waals surface area contributed by atoms with E-state index in [4.69, 9.17) is 5.11 Å². The summed E-state index contributed by atoms with van der Waals surface area (Å²) < 4.78 is 13.5. The highest BCUT2D eigenvalue weighted by atomic mass is 19.1. The first-order chi connectivity index (χ1) is 9.18. The number of hydrogen-bond acceptors (Lipinski definition) is 2. The third kappa shape index (κ3) is 3.69. The zero-order valence-electron chi connectivity index (χ0n) is 11.0. The van der Waals surface area contributed by atoms with Crippen molar-refractivity contribution < 1.29 is 14.3 Å². The van der Waals surface area contributed by atoms with Gasteiger partial charge in [-0.05, 0) is 24.5 Å². The molecule has 0 amide bonds. The number of nitrogens with one attached hydrogen (secondary N) is 1. The highest BCUT2D eigenvalue weighted by Crippen LogP contribution is 2.26. The van der Waals surface area contributed by atoms with Crippen molar-refractivity contribution in [3.63, 3.8) is 0 Å². The molecule has 0 radical (unpaired) electrons. The second kappa shape index (κ2) is 6.55. The van der Waals surface area contributed by atoms with E-state index in [0.29, 0.717) is 12.2 Å². The smallest absolute Gasteiger partial charge is 0.340 e. The molecule has 1 saturated carbocycles. The van der Waals surface area contributed by atoms with Crippen LogP contribution >= 0.6 is 0 Å². The van der Waals surface area contributed by atoms with E-state index in [1.54, 1.807) is 6.07 Å². The van der Waals surface area contributed by atoms with Gasteiger partial charge in [0.25, 0.3) is 0 Å². The van der Waals surface area contributed by atoms with Crippen LogP contribution in [-0.4, -0.2) is 17.6 Å². The zero-order chi connectivity index (χ0) is 13.7. The molecule has 0 aliphatic heterocycles. The number of halogens is 1. The molecular weight excluding hydrogens is 245 g/mol. The lowest BCUT2D eigenvalue weighted by atomic mass is 9.87. The van der Waals surface area contributed by atoms with Gasteiger partial charge in [0.1, 0.15) is 11.4 Å². The normalized spacial score (nSPS) is 16.3. The number of benzene rings is 1. The minimum atomic E-state index is -1.22. The summed E-state index contributed by atoms with van der Waals surface area (Å²) in [6.07, 6.45) is 7.47. The van der Waals surface area contributed by atoms with Gasteiger partial charge in [-0.15, -0.1) is 0 Å². The Morgan fingerprint density at radius 1 is 1.32 bits per heavy atom. The number of carbonyl (C=O) groups is 1. The molecule has 0 aromatic heterocycles. The first kappa shape index (κ1) is 13.8. The molecule has 1 aliphatic rings. The van der Waals surface area contributed by atoms with E-state index in [1.807, 2.05) is 0 Å². The molecule has 0 saturated heterocycles. The van der Waals surface area contributed by atoms with Crippen molar-refractivity contribution in [1.82, 2.24) is 0 Å². The fourth-order valence-corrected chi connectivity index (χ4v) is 2.78. The predicted octanol–water partition coefficient (Wildman–Crippen LogP) is 3.91. The maximum atomic E-state index is 13.5. The summed E-state index contributed by atoms with van der Waals surface area (Å²) in [7, 11) is 0. The Bertz CT molecular complexity index is 442. The quantitative estimate of drug-likeness (QED) is 0.848. The molecule has 104 valence electrons. The first-order valence-corrected chi connectivity index (χ1v) is 6.94. The average Bonchev–Trinajstić information content (AvgIpc) is 2.39. The Labute approximate surface area is 112 Å². The number of anilines is 1. The van der Waals surface area contributed by atoms with Crippen LogP contribution in [-0.2, 0) is 0 Å². The van der Waals surface area contributed by atoms with Crippen molar-refractivity contribution in [3.05, 3.63) is 29.6 Å². The van der Waals surface area contributed by atoms with Gasteiger partial charge in [0.15, 0.2) is 0 Å². The summed E-state index contributed by atoms with van der Waals surface area (Å²) in [5, 5.41) is 12.1. The van der Waals surface area contributed by atoms with Gasteiger partial charge < -0.3 is 10.4 Å². The first-order valence-electron chi connectivity index (χ1n) is 6.94. The highest BCUT2D eigenvalue weighted by Gasteiger charge is 2.16. The lowest BCUT2D eigenvalue weighted by Crippen LogP contribution is -2.14. The van der Waals surface area contributed by atoms with Gasteiger partial charge in [-0.1, -0.05) is 38.2 Å². The van der Waals surface area contributed by atoms with Crippen LogP contribution in [0, 0.1) is 11.7 Å². The molecule has 3 nitrogen and oxygen atoms in total. The third-order valence-electron chi connectivity index (χ3n) is 3.82.